The molecule has 4 rings (SSSR count). The van der Waals surface area contributed by atoms with Gasteiger partial charge < -0.3 is 24.8 Å². The Bertz CT molecular complexity index is 1030. The van der Waals surface area contributed by atoms with Crippen molar-refractivity contribution in [3.05, 3.63) is 59.7 Å². The molecule has 1 saturated carbocycles. The van der Waals surface area contributed by atoms with Crippen LogP contribution in [0.5, 0.6) is 0 Å². The van der Waals surface area contributed by atoms with Crippen molar-refractivity contribution in [1.29, 1.82) is 0 Å². The maximum atomic E-state index is 13.0. The van der Waals surface area contributed by atoms with E-state index in [4.69, 9.17) is 9.47 Å². The number of rotatable bonds is 8. The van der Waals surface area contributed by atoms with Crippen molar-refractivity contribution in [3.63, 3.8) is 0 Å². The SMILES string of the molecule is COC(CNC(=O)OCC1c2ccccc2-c2ccccc21)C(=O)N(C)C1(C(=O)O)CCCC1. The number of benzene rings is 2. The molecule has 1 unspecified atom stereocenters. The van der Waals surface area contributed by atoms with Crippen LogP contribution in [0.25, 0.3) is 11.1 Å². The van der Waals surface area contributed by atoms with Crippen LogP contribution in [0, 0.1) is 0 Å². The summed E-state index contributed by atoms with van der Waals surface area (Å²) in [6.07, 6.45) is 0.635. The van der Waals surface area contributed by atoms with Gasteiger partial charge in [0, 0.05) is 20.1 Å². The van der Waals surface area contributed by atoms with Crippen molar-refractivity contribution in [1.82, 2.24) is 10.2 Å². The van der Waals surface area contributed by atoms with Crippen molar-refractivity contribution in [2.24, 2.45) is 0 Å². The van der Waals surface area contributed by atoms with Crippen LogP contribution in [0.1, 0.15) is 42.7 Å². The second kappa shape index (κ2) is 9.85. The van der Waals surface area contributed by atoms with E-state index in [0.29, 0.717) is 12.8 Å². The van der Waals surface area contributed by atoms with E-state index >= 15 is 0 Å². The Labute approximate surface area is 198 Å². The number of carboxylic acids is 1. The fraction of sp³-hybridized carbons (Fsp3) is 0.423. The van der Waals surface area contributed by atoms with Crippen molar-refractivity contribution in [3.8, 4) is 11.1 Å². The quantitative estimate of drug-likeness (QED) is 0.618. The average molecular weight is 467 g/mol. The van der Waals surface area contributed by atoms with Gasteiger partial charge in [-0.3, -0.25) is 4.79 Å². The van der Waals surface area contributed by atoms with E-state index in [1.807, 2.05) is 36.4 Å². The topological polar surface area (TPSA) is 105 Å². The predicted molar refractivity (Wildman–Crippen MR) is 125 cm³/mol. The summed E-state index contributed by atoms with van der Waals surface area (Å²) >= 11 is 0. The van der Waals surface area contributed by atoms with Crippen LogP contribution < -0.4 is 5.32 Å². The zero-order chi connectivity index (χ0) is 24.3. The molecule has 2 aromatic rings. The van der Waals surface area contributed by atoms with Gasteiger partial charge >= 0.3 is 12.1 Å². The van der Waals surface area contributed by atoms with Crippen LogP contribution >= 0.6 is 0 Å². The molecule has 0 spiro atoms. The summed E-state index contributed by atoms with van der Waals surface area (Å²) < 4.78 is 10.8. The van der Waals surface area contributed by atoms with Gasteiger partial charge in [-0.15, -0.1) is 0 Å². The fourth-order valence-electron chi connectivity index (χ4n) is 5.18. The molecule has 1 fully saturated rings. The van der Waals surface area contributed by atoms with E-state index in [2.05, 4.69) is 17.4 Å². The first kappa shape index (κ1) is 23.8. The number of likely N-dealkylation sites (N-methyl/N-ethyl adjacent to an activating group) is 1. The monoisotopic (exact) mass is 466 g/mol. The Kier molecular flexibility index (Phi) is 6.88. The number of fused-ring (bicyclic) bond motifs is 3. The first-order chi connectivity index (χ1) is 16.4. The van der Waals surface area contributed by atoms with E-state index in [-0.39, 0.29) is 19.1 Å². The smallest absolute Gasteiger partial charge is 0.407 e. The first-order valence-corrected chi connectivity index (χ1v) is 11.5. The molecule has 8 nitrogen and oxygen atoms in total. The molecule has 0 aromatic heterocycles. The molecule has 0 radical (unpaired) electrons. The Morgan fingerprint density at radius 1 is 1.06 bits per heavy atom. The highest BCUT2D eigenvalue weighted by atomic mass is 16.5. The molecule has 0 aliphatic heterocycles. The number of ether oxygens (including phenoxy) is 2. The molecular formula is C26H30N2O6. The van der Waals surface area contributed by atoms with Crippen molar-refractivity contribution in [2.45, 2.75) is 43.2 Å². The van der Waals surface area contributed by atoms with Gasteiger partial charge in [0.05, 0.1) is 6.54 Å². The zero-order valence-corrected chi connectivity index (χ0v) is 19.5. The maximum Gasteiger partial charge on any atom is 0.407 e. The highest BCUT2D eigenvalue weighted by Crippen LogP contribution is 2.44. The molecule has 2 amide bonds. The van der Waals surface area contributed by atoms with E-state index < -0.39 is 29.6 Å². The number of nitrogens with zero attached hydrogens (tertiary/aromatic N) is 1. The van der Waals surface area contributed by atoms with E-state index in [1.165, 1.54) is 19.1 Å². The van der Waals surface area contributed by atoms with Crippen LogP contribution in [0.4, 0.5) is 4.79 Å². The Balaban J connectivity index is 1.35. The third-order valence-electron chi connectivity index (χ3n) is 7.14. The molecule has 8 heteroatoms. The average Bonchev–Trinajstić information content (AvgIpc) is 3.47. The lowest BCUT2D eigenvalue weighted by Gasteiger charge is -2.36. The van der Waals surface area contributed by atoms with Gasteiger partial charge in [-0.25, -0.2) is 9.59 Å². The minimum atomic E-state index is -1.22. The molecule has 0 heterocycles. The van der Waals surface area contributed by atoms with Gasteiger partial charge in [0.1, 0.15) is 12.1 Å². The lowest BCUT2D eigenvalue weighted by atomic mass is 9.95. The number of hydrogen-bond donors (Lipinski definition) is 2. The molecular weight excluding hydrogens is 436 g/mol. The summed E-state index contributed by atoms with van der Waals surface area (Å²) in [5, 5.41) is 12.3. The number of aliphatic carboxylic acids is 1. The Morgan fingerprint density at radius 3 is 2.15 bits per heavy atom. The van der Waals surface area contributed by atoms with E-state index in [9.17, 15) is 19.5 Å². The number of carboxylic acid groups (broad SMARTS) is 1. The normalized spacial score (nSPS) is 16.9. The molecule has 34 heavy (non-hydrogen) atoms. The highest BCUT2D eigenvalue weighted by molar-refractivity contribution is 5.89. The molecule has 2 aliphatic rings. The van der Waals surface area contributed by atoms with Gasteiger partial charge in [-0.1, -0.05) is 61.4 Å². The van der Waals surface area contributed by atoms with Gasteiger partial charge in [0.2, 0.25) is 0 Å². The number of carbonyl (C=O) groups is 3. The maximum absolute atomic E-state index is 13.0. The third kappa shape index (κ3) is 4.25. The van der Waals surface area contributed by atoms with Crippen LogP contribution in [0.3, 0.4) is 0 Å². The van der Waals surface area contributed by atoms with Gasteiger partial charge in [-0.05, 0) is 35.1 Å². The number of nitrogens with one attached hydrogen (secondary N) is 1. The molecule has 2 aromatic carbocycles. The largest absolute Gasteiger partial charge is 0.479 e. The first-order valence-electron chi connectivity index (χ1n) is 11.5. The number of carbonyl (C=O) groups excluding carboxylic acids is 2. The lowest BCUT2D eigenvalue weighted by molar-refractivity contribution is -0.161. The summed E-state index contributed by atoms with van der Waals surface area (Å²) in [5.41, 5.74) is 3.27. The van der Waals surface area contributed by atoms with Gasteiger partial charge in [0.25, 0.3) is 5.91 Å². The zero-order valence-electron chi connectivity index (χ0n) is 19.5. The number of hydrogen-bond acceptors (Lipinski definition) is 5. The van der Waals surface area contributed by atoms with Crippen LogP contribution in [0.15, 0.2) is 48.5 Å². The summed E-state index contributed by atoms with van der Waals surface area (Å²) in [6, 6.07) is 16.1. The van der Waals surface area contributed by atoms with Crippen LogP contribution in [-0.2, 0) is 19.1 Å². The second-order valence-electron chi connectivity index (χ2n) is 8.87. The predicted octanol–water partition coefficient (Wildman–Crippen LogP) is 3.40. The highest BCUT2D eigenvalue weighted by Gasteiger charge is 2.48. The van der Waals surface area contributed by atoms with Gasteiger partial charge in [0.15, 0.2) is 6.10 Å². The minimum Gasteiger partial charge on any atom is -0.479 e. The molecule has 180 valence electrons. The Hall–Kier alpha value is -3.39. The van der Waals surface area contributed by atoms with Crippen molar-refractivity contribution >= 4 is 18.0 Å². The fourth-order valence-corrected chi connectivity index (χ4v) is 5.18. The summed E-state index contributed by atoms with van der Waals surface area (Å²) in [7, 11) is 2.85. The summed E-state index contributed by atoms with van der Waals surface area (Å²) in [4.78, 5) is 38.6. The summed E-state index contributed by atoms with van der Waals surface area (Å²) in [6.45, 7) is 0.0412. The third-order valence-corrected chi connectivity index (χ3v) is 7.14. The molecule has 2 N–H and O–H groups in total. The molecule has 0 saturated heterocycles. The van der Waals surface area contributed by atoms with Crippen molar-refractivity contribution in [2.75, 3.05) is 27.3 Å². The number of amides is 2. The second-order valence-corrected chi connectivity index (χ2v) is 8.87. The molecule has 1 atom stereocenters. The van der Waals surface area contributed by atoms with Gasteiger partial charge in [-0.2, -0.15) is 0 Å². The summed E-state index contributed by atoms with van der Waals surface area (Å²) in [5.74, 6) is -1.56. The molecule has 2 aliphatic carbocycles. The van der Waals surface area contributed by atoms with E-state index in [0.717, 1.165) is 35.1 Å². The number of alkyl carbamates (subject to hydrolysis) is 1. The van der Waals surface area contributed by atoms with Crippen molar-refractivity contribution < 1.29 is 29.0 Å². The standard InChI is InChI=1S/C26H30N2O6/c1-28(26(24(30)31)13-7-8-14-26)23(29)22(33-2)15-27-25(32)34-16-21-19-11-5-3-9-17(19)18-10-4-6-12-20(18)21/h3-6,9-12,21-22H,7-8,13-16H2,1-2H3,(H,27,32)(H,30,31). The van der Waals surface area contributed by atoms with Crippen LogP contribution in [0.2, 0.25) is 0 Å². The number of methoxy groups -OCH3 is 1. The van der Waals surface area contributed by atoms with Crippen LogP contribution in [-0.4, -0.2) is 66.9 Å². The Morgan fingerprint density at radius 2 is 1.62 bits per heavy atom. The minimum absolute atomic E-state index is 0.0677. The molecule has 0 bridgehead atoms. The lowest BCUT2D eigenvalue weighted by Crippen LogP contribution is -2.57. The van der Waals surface area contributed by atoms with E-state index in [1.54, 1.807) is 0 Å².